The van der Waals surface area contributed by atoms with E-state index in [9.17, 15) is 18.0 Å². The van der Waals surface area contributed by atoms with Gasteiger partial charge < -0.3 is 5.32 Å². The summed E-state index contributed by atoms with van der Waals surface area (Å²) in [6.07, 6.45) is -3.54. The summed E-state index contributed by atoms with van der Waals surface area (Å²) in [6, 6.07) is 14.3. The first-order valence-electron chi connectivity index (χ1n) is 7.23. The van der Waals surface area contributed by atoms with E-state index in [1.54, 1.807) is 24.3 Å². The van der Waals surface area contributed by atoms with Crippen LogP contribution in [0.3, 0.4) is 0 Å². The fourth-order valence-electron chi connectivity index (χ4n) is 2.15. The van der Waals surface area contributed by atoms with E-state index in [0.717, 1.165) is 5.56 Å². The van der Waals surface area contributed by atoms with Gasteiger partial charge in [0.2, 0.25) is 5.91 Å². The number of carbonyl (C=O) groups is 1. The minimum atomic E-state index is -4.61. The molecular formula is C18H15ClF3NO. The third kappa shape index (κ3) is 5.42. The molecule has 0 spiro atoms. The Morgan fingerprint density at radius 2 is 1.79 bits per heavy atom. The van der Waals surface area contributed by atoms with Gasteiger partial charge in [-0.2, -0.15) is 13.2 Å². The smallest absolute Gasteiger partial charge is 0.352 e. The first kappa shape index (κ1) is 18.1. The molecule has 0 bridgehead atoms. The van der Waals surface area contributed by atoms with Gasteiger partial charge in [-0.05, 0) is 29.7 Å². The summed E-state index contributed by atoms with van der Waals surface area (Å²) in [5.74, 6) is -0.784. The molecule has 0 aliphatic heterocycles. The van der Waals surface area contributed by atoms with Crippen molar-refractivity contribution in [2.24, 2.45) is 0 Å². The van der Waals surface area contributed by atoms with Crippen molar-refractivity contribution in [2.45, 2.75) is 12.6 Å². The van der Waals surface area contributed by atoms with E-state index in [4.69, 9.17) is 11.6 Å². The number of allylic oxidation sites excluding steroid dienone is 1. The summed E-state index contributed by atoms with van der Waals surface area (Å²) in [7, 11) is 0. The minimum absolute atomic E-state index is 0.0463. The van der Waals surface area contributed by atoms with Crippen molar-refractivity contribution >= 4 is 23.1 Å². The van der Waals surface area contributed by atoms with Crippen molar-refractivity contribution in [1.29, 1.82) is 0 Å². The summed E-state index contributed by atoms with van der Waals surface area (Å²) in [5.41, 5.74) is -0.121. The van der Waals surface area contributed by atoms with Gasteiger partial charge in [0.1, 0.15) is 0 Å². The number of amides is 1. The van der Waals surface area contributed by atoms with Gasteiger partial charge in [-0.15, -0.1) is 0 Å². The van der Waals surface area contributed by atoms with Crippen molar-refractivity contribution in [3.05, 3.63) is 76.8 Å². The summed E-state index contributed by atoms with van der Waals surface area (Å²) >= 11 is 5.85. The summed E-state index contributed by atoms with van der Waals surface area (Å²) in [4.78, 5) is 11.8. The molecule has 0 aromatic heterocycles. The number of benzene rings is 2. The van der Waals surface area contributed by atoms with Crippen LogP contribution in [0.5, 0.6) is 0 Å². The number of alkyl halides is 3. The second-order valence-corrected chi connectivity index (χ2v) is 5.53. The molecule has 0 fully saturated rings. The topological polar surface area (TPSA) is 29.1 Å². The number of hydrogen-bond donors (Lipinski definition) is 1. The van der Waals surface area contributed by atoms with Gasteiger partial charge in [0, 0.05) is 17.6 Å². The summed E-state index contributed by atoms with van der Waals surface area (Å²) in [5, 5.41) is 3.04. The fraction of sp³-hybridized carbons (Fsp3) is 0.167. The minimum Gasteiger partial charge on any atom is -0.352 e. The first-order valence-corrected chi connectivity index (χ1v) is 7.60. The Morgan fingerprint density at radius 1 is 1.08 bits per heavy atom. The highest BCUT2D eigenvalue weighted by Crippen LogP contribution is 2.33. The quantitative estimate of drug-likeness (QED) is 0.779. The zero-order valence-corrected chi connectivity index (χ0v) is 13.4. The lowest BCUT2D eigenvalue weighted by atomic mass is 10.1. The molecule has 0 aliphatic rings. The fourth-order valence-corrected chi connectivity index (χ4v) is 2.36. The molecule has 1 N–H and O–H groups in total. The van der Waals surface area contributed by atoms with Crippen LogP contribution in [0.25, 0.3) is 5.57 Å². The molecule has 1 amide bonds. The highest BCUT2D eigenvalue weighted by molar-refractivity contribution is 6.30. The van der Waals surface area contributed by atoms with E-state index < -0.39 is 17.7 Å². The highest BCUT2D eigenvalue weighted by atomic mass is 35.5. The number of hydrogen-bond acceptors (Lipinski definition) is 1. The number of carbonyl (C=O) groups excluding carboxylic acids is 1. The molecule has 2 nitrogen and oxygen atoms in total. The molecule has 0 heterocycles. The van der Waals surface area contributed by atoms with Crippen LogP contribution in [0.1, 0.15) is 11.1 Å². The molecule has 0 saturated heterocycles. The second-order valence-electron chi connectivity index (χ2n) is 5.09. The van der Waals surface area contributed by atoms with Crippen LogP contribution in [0.15, 0.2) is 60.7 Å². The maximum absolute atomic E-state index is 13.1. The van der Waals surface area contributed by atoms with E-state index in [-0.39, 0.29) is 12.1 Å². The third-order valence-corrected chi connectivity index (χ3v) is 3.50. The van der Waals surface area contributed by atoms with Crippen LogP contribution >= 0.6 is 11.6 Å². The molecule has 6 heteroatoms. The highest BCUT2D eigenvalue weighted by Gasteiger charge is 2.35. The lowest BCUT2D eigenvalue weighted by Crippen LogP contribution is -2.25. The normalized spacial score (nSPS) is 12.1. The molecule has 126 valence electrons. The van der Waals surface area contributed by atoms with Gasteiger partial charge in [0.05, 0.1) is 5.57 Å². The Bertz CT molecular complexity index is 727. The van der Waals surface area contributed by atoms with Gasteiger partial charge in [0.25, 0.3) is 0 Å². The van der Waals surface area contributed by atoms with Crippen molar-refractivity contribution in [1.82, 2.24) is 5.32 Å². The van der Waals surface area contributed by atoms with E-state index in [1.165, 1.54) is 24.3 Å². The molecular weight excluding hydrogens is 339 g/mol. The van der Waals surface area contributed by atoms with Crippen LogP contribution in [0.2, 0.25) is 5.02 Å². The zero-order valence-electron chi connectivity index (χ0n) is 12.6. The van der Waals surface area contributed by atoms with Gasteiger partial charge in [0.15, 0.2) is 0 Å². The maximum Gasteiger partial charge on any atom is 0.417 e. The van der Waals surface area contributed by atoms with Crippen LogP contribution < -0.4 is 5.32 Å². The molecule has 2 aromatic rings. The number of nitrogens with one attached hydrogen (secondary N) is 1. The van der Waals surface area contributed by atoms with E-state index in [0.29, 0.717) is 17.5 Å². The van der Waals surface area contributed by atoms with Crippen molar-refractivity contribution < 1.29 is 18.0 Å². The summed E-state index contributed by atoms with van der Waals surface area (Å²) in [6.45, 7) is 0.218. The molecule has 0 unspecified atom stereocenters. The Kier molecular flexibility index (Phi) is 6.04. The third-order valence-electron chi connectivity index (χ3n) is 3.27. The molecule has 0 aliphatic carbocycles. The molecule has 24 heavy (non-hydrogen) atoms. The molecule has 0 atom stereocenters. The van der Waals surface area contributed by atoms with Crippen molar-refractivity contribution in [3.63, 3.8) is 0 Å². The van der Waals surface area contributed by atoms with Gasteiger partial charge in [-0.25, -0.2) is 0 Å². The van der Waals surface area contributed by atoms with E-state index in [2.05, 4.69) is 5.32 Å². The van der Waals surface area contributed by atoms with Crippen molar-refractivity contribution in [2.75, 3.05) is 6.54 Å². The standard InChI is InChI=1S/C18H15ClF3NO/c19-15-8-4-5-13(11-15)9-10-23-17(24)12-16(18(20,21)22)14-6-2-1-3-7-14/h1-8,11-12H,9-10H2,(H,23,24)/b16-12+. The molecule has 2 aromatic carbocycles. The van der Waals surface area contributed by atoms with Crippen molar-refractivity contribution in [3.8, 4) is 0 Å². The van der Waals surface area contributed by atoms with Crippen LogP contribution in [-0.4, -0.2) is 18.6 Å². The number of rotatable bonds is 5. The largest absolute Gasteiger partial charge is 0.417 e. The average Bonchev–Trinajstić information content (AvgIpc) is 2.52. The average molecular weight is 354 g/mol. The summed E-state index contributed by atoms with van der Waals surface area (Å²) < 4.78 is 39.4. The molecule has 2 rings (SSSR count). The van der Waals surface area contributed by atoms with Crippen LogP contribution in [0.4, 0.5) is 13.2 Å². The predicted molar refractivity (Wildman–Crippen MR) is 88.6 cm³/mol. The lowest BCUT2D eigenvalue weighted by molar-refractivity contribution is -0.116. The molecule has 0 radical (unpaired) electrons. The lowest BCUT2D eigenvalue weighted by Gasteiger charge is -2.12. The Hall–Kier alpha value is -2.27. The predicted octanol–water partition coefficient (Wildman–Crippen LogP) is 4.64. The monoisotopic (exact) mass is 353 g/mol. The SMILES string of the molecule is O=C(/C=C(\c1ccccc1)C(F)(F)F)NCCc1cccc(Cl)c1. The Morgan fingerprint density at radius 3 is 2.42 bits per heavy atom. The van der Waals surface area contributed by atoms with E-state index in [1.807, 2.05) is 6.07 Å². The maximum atomic E-state index is 13.1. The first-order chi connectivity index (χ1) is 11.4. The van der Waals surface area contributed by atoms with Gasteiger partial charge in [-0.3, -0.25) is 4.79 Å². The van der Waals surface area contributed by atoms with Gasteiger partial charge in [-0.1, -0.05) is 54.1 Å². The van der Waals surface area contributed by atoms with Gasteiger partial charge >= 0.3 is 6.18 Å². The molecule has 0 saturated carbocycles. The number of halogens is 4. The Labute approximate surface area is 142 Å². The van der Waals surface area contributed by atoms with E-state index >= 15 is 0 Å². The Balaban J connectivity index is 2.03. The van der Waals surface area contributed by atoms with Crippen LogP contribution in [-0.2, 0) is 11.2 Å². The second kappa shape index (κ2) is 8.02. The van der Waals surface area contributed by atoms with Crippen LogP contribution in [0, 0.1) is 0 Å². The zero-order chi connectivity index (χ0) is 17.6.